The fourth-order valence-electron chi connectivity index (χ4n) is 3.46. The number of hydrogen-bond acceptors (Lipinski definition) is 3. The summed E-state index contributed by atoms with van der Waals surface area (Å²) in [4.78, 5) is 29.3. The van der Waals surface area contributed by atoms with Gasteiger partial charge in [-0.1, -0.05) is 65.7 Å². The zero-order valence-electron chi connectivity index (χ0n) is 17.9. The van der Waals surface area contributed by atoms with Gasteiger partial charge in [-0.2, -0.15) is 0 Å². The lowest BCUT2D eigenvalue weighted by Crippen LogP contribution is -2.44. The first kappa shape index (κ1) is 22.8. The largest absolute Gasteiger partial charge is 0.350 e. The molecule has 6 nitrogen and oxygen atoms in total. The van der Waals surface area contributed by atoms with Crippen LogP contribution in [-0.4, -0.2) is 27.4 Å². The lowest BCUT2D eigenvalue weighted by molar-refractivity contribution is -0.122. The van der Waals surface area contributed by atoms with E-state index in [1.54, 1.807) is 25.1 Å². The molecule has 1 aromatic heterocycles. The van der Waals surface area contributed by atoms with Crippen LogP contribution in [0.2, 0.25) is 10.0 Å². The van der Waals surface area contributed by atoms with Crippen LogP contribution in [0.5, 0.6) is 0 Å². The zero-order valence-corrected chi connectivity index (χ0v) is 19.4. The first-order valence-electron chi connectivity index (χ1n) is 10.4. The number of nitrogens with one attached hydrogen (secondary N) is 2. The van der Waals surface area contributed by atoms with Crippen LogP contribution in [0, 0.1) is 0 Å². The van der Waals surface area contributed by atoms with E-state index in [-0.39, 0.29) is 21.5 Å². The highest BCUT2D eigenvalue weighted by molar-refractivity contribution is 6.43. The molecule has 4 aromatic rings. The standard InChI is InChI=1S/C25H22Cl2N4O2/c1-16(30-25(33)19-5-4-6-20(26)23(19)27)24(32)28-13-17-9-11-18(12-10-17)14-31-15-29-21-7-2-3-8-22(21)31/h2-12,15-16H,13-14H2,1H3,(H,28,32)(H,30,33). The second-order valence-corrected chi connectivity index (χ2v) is 8.48. The third-order valence-electron chi connectivity index (χ3n) is 5.31. The number of para-hydroxylation sites is 2. The summed E-state index contributed by atoms with van der Waals surface area (Å²) in [5, 5.41) is 5.93. The molecule has 0 saturated carbocycles. The highest BCUT2D eigenvalue weighted by Gasteiger charge is 2.19. The van der Waals surface area contributed by atoms with E-state index in [4.69, 9.17) is 23.2 Å². The first-order valence-corrected chi connectivity index (χ1v) is 11.2. The van der Waals surface area contributed by atoms with Crippen molar-refractivity contribution >= 4 is 46.0 Å². The fraction of sp³-hybridized carbons (Fsp3) is 0.160. The van der Waals surface area contributed by atoms with Gasteiger partial charge in [0, 0.05) is 13.1 Å². The molecule has 0 bridgehead atoms. The van der Waals surface area contributed by atoms with Gasteiger partial charge in [0.2, 0.25) is 5.91 Å². The Morgan fingerprint density at radius 3 is 2.48 bits per heavy atom. The summed E-state index contributed by atoms with van der Waals surface area (Å²) in [5.41, 5.74) is 4.37. The van der Waals surface area contributed by atoms with E-state index in [2.05, 4.69) is 20.2 Å². The van der Waals surface area contributed by atoms with Crippen LogP contribution < -0.4 is 10.6 Å². The topological polar surface area (TPSA) is 76.0 Å². The highest BCUT2D eigenvalue weighted by Crippen LogP contribution is 2.25. The Kier molecular flexibility index (Phi) is 6.96. The van der Waals surface area contributed by atoms with Gasteiger partial charge in [0.05, 0.1) is 33.0 Å². The Morgan fingerprint density at radius 1 is 0.970 bits per heavy atom. The van der Waals surface area contributed by atoms with E-state index in [1.807, 2.05) is 54.9 Å². The van der Waals surface area contributed by atoms with Gasteiger partial charge in [0.1, 0.15) is 6.04 Å². The minimum Gasteiger partial charge on any atom is -0.350 e. The Bertz CT molecular complexity index is 1300. The van der Waals surface area contributed by atoms with Crippen LogP contribution >= 0.6 is 23.2 Å². The van der Waals surface area contributed by atoms with E-state index < -0.39 is 11.9 Å². The Hall–Kier alpha value is -3.35. The van der Waals surface area contributed by atoms with Crippen LogP contribution in [0.1, 0.15) is 28.4 Å². The summed E-state index contributed by atoms with van der Waals surface area (Å²) < 4.78 is 2.10. The van der Waals surface area contributed by atoms with E-state index in [9.17, 15) is 9.59 Å². The van der Waals surface area contributed by atoms with Gasteiger partial charge in [-0.05, 0) is 42.3 Å². The number of hydrogen-bond donors (Lipinski definition) is 2. The van der Waals surface area contributed by atoms with Gasteiger partial charge in [-0.3, -0.25) is 9.59 Å². The maximum atomic E-state index is 12.4. The predicted octanol–water partition coefficient (Wildman–Crippen LogP) is 4.83. The molecule has 4 rings (SSSR count). The van der Waals surface area contributed by atoms with Gasteiger partial charge in [-0.25, -0.2) is 4.98 Å². The average Bonchev–Trinajstić information content (AvgIpc) is 3.23. The van der Waals surface area contributed by atoms with Crippen LogP contribution in [0.4, 0.5) is 0 Å². The number of aromatic nitrogens is 2. The van der Waals surface area contributed by atoms with Gasteiger partial charge in [0.15, 0.2) is 0 Å². The second kappa shape index (κ2) is 10.1. The second-order valence-electron chi connectivity index (χ2n) is 7.69. The number of benzene rings is 3. The molecule has 0 spiro atoms. The van der Waals surface area contributed by atoms with Crippen molar-refractivity contribution < 1.29 is 9.59 Å². The first-order chi connectivity index (χ1) is 15.9. The van der Waals surface area contributed by atoms with Crippen molar-refractivity contribution in [1.29, 1.82) is 0 Å². The molecule has 1 heterocycles. The molecule has 33 heavy (non-hydrogen) atoms. The maximum absolute atomic E-state index is 12.4. The van der Waals surface area contributed by atoms with Crippen molar-refractivity contribution in [2.24, 2.45) is 0 Å². The third-order valence-corrected chi connectivity index (χ3v) is 6.13. The molecule has 0 saturated heterocycles. The number of carbonyl (C=O) groups is 2. The van der Waals surface area contributed by atoms with E-state index in [0.717, 1.165) is 22.2 Å². The SMILES string of the molecule is CC(NC(=O)c1cccc(Cl)c1Cl)C(=O)NCc1ccc(Cn2cnc3ccccc32)cc1. The Labute approximate surface area is 201 Å². The number of rotatable bonds is 7. The molecule has 2 N–H and O–H groups in total. The highest BCUT2D eigenvalue weighted by atomic mass is 35.5. The molecule has 1 atom stereocenters. The number of fused-ring (bicyclic) bond motifs is 1. The van der Waals surface area contributed by atoms with Crippen molar-refractivity contribution in [3.05, 3.63) is 99.8 Å². The zero-order chi connectivity index (χ0) is 23.4. The van der Waals surface area contributed by atoms with Crippen LogP contribution in [-0.2, 0) is 17.9 Å². The Morgan fingerprint density at radius 2 is 1.70 bits per heavy atom. The monoisotopic (exact) mass is 480 g/mol. The predicted molar refractivity (Wildman–Crippen MR) is 131 cm³/mol. The normalized spacial score (nSPS) is 11.8. The van der Waals surface area contributed by atoms with Crippen molar-refractivity contribution in [1.82, 2.24) is 20.2 Å². The number of imidazole rings is 1. The van der Waals surface area contributed by atoms with Crippen molar-refractivity contribution in [3.8, 4) is 0 Å². The minimum atomic E-state index is -0.735. The quantitative estimate of drug-likeness (QED) is 0.397. The summed E-state index contributed by atoms with van der Waals surface area (Å²) in [5.74, 6) is -0.753. The molecule has 1 unspecified atom stereocenters. The van der Waals surface area contributed by atoms with Crippen LogP contribution in [0.25, 0.3) is 11.0 Å². The number of amides is 2. The van der Waals surface area contributed by atoms with Gasteiger partial charge < -0.3 is 15.2 Å². The number of halogens is 2. The van der Waals surface area contributed by atoms with Crippen molar-refractivity contribution in [3.63, 3.8) is 0 Å². The fourth-order valence-corrected chi connectivity index (χ4v) is 3.84. The van der Waals surface area contributed by atoms with E-state index >= 15 is 0 Å². The lowest BCUT2D eigenvalue weighted by atomic mass is 10.1. The summed E-state index contributed by atoms with van der Waals surface area (Å²) in [7, 11) is 0. The molecule has 0 aliphatic heterocycles. The van der Waals surface area contributed by atoms with E-state index in [0.29, 0.717) is 13.1 Å². The van der Waals surface area contributed by atoms with Gasteiger partial charge >= 0.3 is 0 Å². The van der Waals surface area contributed by atoms with Crippen LogP contribution in [0.3, 0.4) is 0 Å². The molecule has 8 heteroatoms. The molecular formula is C25H22Cl2N4O2. The molecule has 3 aromatic carbocycles. The lowest BCUT2D eigenvalue weighted by Gasteiger charge is -2.15. The molecule has 0 radical (unpaired) electrons. The molecule has 2 amide bonds. The summed E-state index contributed by atoms with van der Waals surface area (Å²) in [6.45, 7) is 2.68. The third kappa shape index (κ3) is 5.35. The summed E-state index contributed by atoms with van der Waals surface area (Å²) >= 11 is 12.0. The molecular weight excluding hydrogens is 459 g/mol. The van der Waals surface area contributed by atoms with Gasteiger partial charge in [0.25, 0.3) is 5.91 Å². The Balaban J connectivity index is 1.31. The van der Waals surface area contributed by atoms with E-state index in [1.165, 1.54) is 0 Å². The minimum absolute atomic E-state index is 0.160. The molecule has 0 aliphatic rings. The molecule has 168 valence electrons. The summed E-state index contributed by atoms with van der Waals surface area (Å²) in [6, 6.07) is 20.1. The van der Waals surface area contributed by atoms with Crippen LogP contribution in [0.15, 0.2) is 73.1 Å². The average molecular weight is 481 g/mol. The number of carbonyl (C=O) groups excluding carboxylic acids is 2. The molecule has 0 aliphatic carbocycles. The molecule has 0 fully saturated rings. The van der Waals surface area contributed by atoms with Gasteiger partial charge in [-0.15, -0.1) is 0 Å². The van der Waals surface area contributed by atoms with Crippen molar-refractivity contribution in [2.45, 2.75) is 26.1 Å². The summed E-state index contributed by atoms with van der Waals surface area (Å²) in [6.07, 6.45) is 1.84. The maximum Gasteiger partial charge on any atom is 0.253 e. The smallest absolute Gasteiger partial charge is 0.253 e. The number of nitrogens with zero attached hydrogens (tertiary/aromatic N) is 2. The van der Waals surface area contributed by atoms with Crippen molar-refractivity contribution in [2.75, 3.05) is 0 Å².